The van der Waals surface area contributed by atoms with Crippen molar-refractivity contribution < 1.29 is 23.5 Å². The molecule has 1 heterocycles. The van der Waals surface area contributed by atoms with E-state index in [9.17, 15) is 9.59 Å². The van der Waals surface area contributed by atoms with Gasteiger partial charge in [0.1, 0.15) is 22.5 Å². The van der Waals surface area contributed by atoms with E-state index in [0.717, 1.165) is 41.2 Å². The number of carbonyl (C=O) groups is 2. The fourth-order valence-corrected chi connectivity index (χ4v) is 3.98. The van der Waals surface area contributed by atoms with E-state index in [1.807, 2.05) is 36.4 Å². The number of furan rings is 1. The molecule has 146 valence electrons. The van der Waals surface area contributed by atoms with E-state index in [4.69, 9.17) is 13.9 Å². The summed E-state index contributed by atoms with van der Waals surface area (Å²) in [5.41, 5.74) is 0.646. The van der Waals surface area contributed by atoms with Crippen molar-refractivity contribution in [1.29, 1.82) is 0 Å². The summed E-state index contributed by atoms with van der Waals surface area (Å²) in [6, 6.07) is 13.3. The van der Waals surface area contributed by atoms with Gasteiger partial charge in [0.2, 0.25) is 0 Å². The summed E-state index contributed by atoms with van der Waals surface area (Å²) >= 11 is 0. The summed E-state index contributed by atoms with van der Waals surface area (Å²) in [6.07, 6.45) is 4.03. The van der Waals surface area contributed by atoms with Crippen molar-refractivity contribution in [2.24, 2.45) is 0 Å². The van der Waals surface area contributed by atoms with Crippen LogP contribution in [-0.4, -0.2) is 31.1 Å². The predicted molar refractivity (Wildman–Crippen MR) is 105 cm³/mol. The first-order chi connectivity index (χ1) is 13.6. The molecule has 2 aromatic carbocycles. The van der Waals surface area contributed by atoms with Crippen LogP contribution in [0, 0.1) is 0 Å². The Morgan fingerprint density at radius 3 is 2.57 bits per heavy atom. The molecule has 6 heteroatoms. The normalized spacial score (nSPS) is 16.0. The molecule has 28 heavy (non-hydrogen) atoms. The van der Waals surface area contributed by atoms with E-state index in [0.29, 0.717) is 18.6 Å². The smallest absolute Gasteiger partial charge is 0.331 e. The largest absolute Gasteiger partial charge is 0.484 e. The van der Waals surface area contributed by atoms with Crippen molar-refractivity contribution in [3.63, 3.8) is 0 Å². The van der Waals surface area contributed by atoms with Gasteiger partial charge in [-0.15, -0.1) is 0 Å². The topological polar surface area (TPSA) is 77.8 Å². The number of para-hydroxylation sites is 1. The van der Waals surface area contributed by atoms with Gasteiger partial charge in [-0.05, 0) is 37.1 Å². The number of esters is 1. The minimum Gasteiger partial charge on any atom is -0.484 e. The molecule has 0 unspecified atom stereocenters. The Labute approximate surface area is 162 Å². The van der Waals surface area contributed by atoms with Crippen LogP contribution >= 0.6 is 0 Å². The number of nitrogens with one attached hydrogen (secondary N) is 1. The lowest BCUT2D eigenvalue weighted by atomic mass is 9.81. The number of fused-ring (bicyclic) bond motifs is 3. The Bertz CT molecular complexity index is 1020. The minimum atomic E-state index is -0.932. The van der Waals surface area contributed by atoms with Crippen LogP contribution in [0.25, 0.3) is 21.9 Å². The highest BCUT2D eigenvalue weighted by Crippen LogP contribution is 2.32. The molecule has 3 aromatic rings. The van der Waals surface area contributed by atoms with E-state index in [1.54, 1.807) is 6.07 Å². The summed E-state index contributed by atoms with van der Waals surface area (Å²) in [4.78, 5) is 24.7. The van der Waals surface area contributed by atoms with Gasteiger partial charge in [-0.2, -0.15) is 0 Å². The van der Waals surface area contributed by atoms with Crippen LogP contribution in [-0.2, 0) is 14.3 Å². The van der Waals surface area contributed by atoms with Crippen molar-refractivity contribution in [2.75, 3.05) is 13.7 Å². The molecule has 0 radical (unpaired) electrons. The van der Waals surface area contributed by atoms with E-state index in [2.05, 4.69) is 5.32 Å². The van der Waals surface area contributed by atoms with E-state index >= 15 is 0 Å². The Hall–Kier alpha value is -3.02. The molecule has 1 aromatic heterocycles. The van der Waals surface area contributed by atoms with Crippen LogP contribution in [0.5, 0.6) is 5.75 Å². The third-order valence-electron chi connectivity index (χ3n) is 5.38. The zero-order chi connectivity index (χ0) is 19.6. The lowest BCUT2D eigenvalue weighted by Gasteiger charge is -2.35. The first-order valence-corrected chi connectivity index (χ1v) is 9.55. The maximum Gasteiger partial charge on any atom is 0.331 e. The fourth-order valence-electron chi connectivity index (χ4n) is 3.98. The highest BCUT2D eigenvalue weighted by Gasteiger charge is 2.41. The van der Waals surface area contributed by atoms with Gasteiger partial charge in [-0.3, -0.25) is 4.79 Å². The monoisotopic (exact) mass is 381 g/mol. The fraction of sp³-hybridized carbons (Fsp3) is 0.364. The lowest BCUT2D eigenvalue weighted by Crippen LogP contribution is -2.57. The summed E-state index contributed by atoms with van der Waals surface area (Å²) in [6.45, 7) is -0.167. The number of hydrogen-bond acceptors (Lipinski definition) is 5. The molecule has 0 atom stereocenters. The van der Waals surface area contributed by atoms with Crippen LogP contribution in [0.4, 0.5) is 0 Å². The zero-order valence-electron chi connectivity index (χ0n) is 15.8. The Morgan fingerprint density at radius 2 is 1.79 bits per heavy atom. The van der Waals surface area contributed by atoms with Crippen molar-refractivity contribution in [3.8, 4) is 5.75 Å². The Morgan fingerprint density at radius 1 is 1.04 bits per heavy atom. The summed E-state index contributed by atoms with van der Waals surface area (Å²) < 4.78 is 16.4. The van der Waals surface area contributed by atoms with Crippen LogP contribution in [0.3, 0.4) is 0 Å². The van der Waals surface area contributed by atoms with Gasteiger partial charge in [0, 0.05) is 10.8 Å². The SMILES string of the molecule is COC(=O)C1(NC(=O)COc2ccc3oc4ccccc4c3c2)CCCCC1. The minimum absolute atomic E-state index is 0.167. The Kier molecular flexibility index (Phi) is 4.94. The van der Waals surface area contributed by atoms with Gasteiger partial charge in [0.25, 0.3) is 5.91 Å². The maximum absolute atomic E-state index is 12.5. The second-order valence-electron chi connectivity index (χ2n) is 7.23. The highest BCUT2D eigenvalue weighted by molar-refractivity contribution is 6.05. The Balaban J connectivity index is 1.47. The number of benzene rings is 2. The molecule has 6 nitrogen and oxygen atoms in total. The standard InChI is InChI=1S/C22H23NO5/c1-26-21(25)22(11-5-2-6-12-22)23-20(24)14-27-15-9-10-19-17(13-15)16-7-3-4-8-18(16)28-19/h3-4,7-10,13H,2,5-6,11-12,14H2,1H3,(H,23,24). The molecule has 1 saturated carbocycles. The predicted octanol–water partition coefficient (Wildman–Crippen LogP) is 3.96. The molecule has 0 spiro atoms. The average Bonchev–Trinajstić information content (AvgIpc) is 3.10. The summed E-state index contributed by atoms with van der Waals surface area (Å²) in [7, 11) is 1.35. The second kappa shape index (κ2) is 7.54. The van der Waals surface area contributed by atoms with Gasteiger partial charge in [0.15, 0.2) is 6.61 Å². The number of methoxy groups -OCH3 is 1. The molecular weight excluding hydrogens is 358 g/mol. The molecule has 1 aliphatic carbocycles. The zero-order valence-corrected chi connectivity index (χ0v) is 15.8. The second-order valence-corrected chi connectivity index (χ2v) is 7.23. The van der Waals surface area contributed by atoms with Crippen molar-refractivity contribution in [3.05, 3.63) is 42.5 Å². The quantitative estimate of drug-likeness (QED) is 0.677. The van der Waals surface area contributed by atoms with E-state index in [-0.39, 0.29) is 18.5 Å². The molecule has 1 amide bonds. The summed E-state index contributed by atoms with van der Waals surface area (Å²) in [5, 5.41) is 4.79. The number of carbonyl (C=O) groups excluding carboxylic acids is 2. The van der Waals surface area contributed by atoms with Crippen LogP contribution in [0.15, 0.2) is 46.9 Å². The van der Waals surface area contributed by atoms with Gasteiger partial charge < -0.3 is 19.2 Å². The molecular formula is C22H23NO5. The van der Waals surface area contributed by atoms with Gasteiger partial charge >= 0.3 is 5.97 Å². The van der Waals surface area contributed by atoms with E-state index in [1.165, 1.54) is 7.11 Å². The number of amides is 1. The molecule has 1 fully saturated rings. The molecule has 1 N–H and O–H groups in total. The van der Waals surface area contributed by atoms with E-state index < -0.39 is 5.54 Å². The van der Waals surface area contributed by atoms with Crippen LogP contribution in [0.1, 0.15) is 32.1 Å². The van der Waals surface area contributed by atoms with Crippen molar-refractivity contribution in [1.82, 2.24) is 5.32 Å². The molecule has 0 aliphatic heterocycles. The number of rotatable bonds is 5. The van der Waals surface area contributed by atoms with Crippen molar-refractivity contribution in [2.45, 2.75) is 37.6 Å². The number of ether oxygens (including phenoxy) is 2. The lowest BCUT2D eigenvalue weighted by molar-refractivity contribution is -0.152. The molecule has 0 bridgehead atoms. The van der Waals surface area contributed by atoms with Gasteiger partial charge in [0.05, 0.1) is 7.11 Å². The van der Waals surface area contributed by atoms with Gasteiger partial charge in [-0.1, -0.05) is 37.5 Å². The first kappa shape index (κ1) is 18.3. The van der Waals surface area contributed by atoms with Gasteiger partial charge in [-0.25, -0.2) is 4.79 Å². The third kappa shape index (κ3) is 3.42. The molecule has 4 rings (SSSR count). The first-order valence-electron chi connectivity index (χ1n) is 9.55. The summed E-state index contributed by atoms with van der Waals surface area (Å²) in [5.74, 6) is -0.138. The molecule has 0 saturated heterocycles. The van der Waals surface area contributed by atoms with Crippen LogP contribution < -0.4 is 10.1 Å². The third-order valence-corrected chi connectivity index (χ3v) is 5.38. The highest BCUT2D eigenvalue weighted by atomic mass is 16.5. The maximum atomic E-state index is 12.5. The number of hydrogen-bond donors (Lipinski definition) is 1. The average molecular weight is 381 g/mol. The van der Waals surface area contributed by atoms with Crippen LogP contribution in [0.2, 0.25) is 0 Å². The van der Waals surface area contributed by atoms with Crippen molar-refractivity contribution >= 4 is 33.8 Å². The molecule has 1 aliphatic rings.